The third-order valence-corrected chi connectivity index (χ3v) is 4.50. The van der Waals surface area contributed by atoms with Crippen LogP contribution in [-0.4, -0.2) is 21.9 Å². The van der Waals surface area contributed by atoms with Gasteiger partial charge in [0.1, 0.15) is 5.75 Å². The lowest BCUT2D eigenvalue weighted by Gasteiger charge is -2.12. The number of hydrogen-bond donors (Lipinski definition) is 0. The maximum atomic E-state index is 13.8. The molecule has 0 atom stereocenters. The Morgan fingerprint density at radius 3 is 2.25 bits per heavy atom. The topological polar surface area (TPSA) is 39.9 Å². The maximum absolute atomic E-state index is 13.8. The van der Waals surface area contributed by atoms with Crippen molar-refractivity contribution in [1.82, 2.24) is 14.8 Å². The summed E-state index contributed by atoms with van der Waals surface area (Å²) in [6.45, 7) is 1.56. The number of ether oxygens (including phenoxy) is 1. The lowest BCUT2D eigenvalue weighted by atomic mass is 10.1. The van der Waals surface area contributed by atoms with Gasteiger partial charge in [0.2, 0.25) is 0 Å². The van der Waals surface area contributed by atoms with Crippen LogP contribution in [-0.2, 0) is 6.18 Å². The number of aromatic nitrogens is 3. The molecule has 4 aromatic rings. The number of methoxy groups -OCH3 is 1. The average molecular weight is 383 g/mol. The van der Waals surface area contributed by atoms with Crippen molar-refractivity contribution in [2.75, 3.05) is 7.11 Å². The summed E-state index contributed by atoms with van der Waals surface area (Å²) >= 11 is 0. The van der Waals surface area contributed by atoms with Gasteiger partial charge < -0.3 is 4.74 Å². The molecule has 2 heterocycles. The molecule has 0 aliphatic carbocycles. The van der Waals surface area contributed by atoms with Crippen LogP contribution in [0.2, 0.25) is 0 Å². The van der Waals surface area contributed by atoms with E-state index in [1.165, 1.54) is 4.68 Å². The van der Waals surface area contributed by atoms with E-state index in [9.17, 15) is 13.2 Å². The summed E-state index contributed by atoms with van der Waals surface area (Å²) in [4.78, 5) is 4.53. The van der Waals surface area contributed by atoms with Crippen LogP contribution >= 0.6 is 0 Å². The summed E-state index contributed by atoms with van der Waals surface area (Å²) in [5.41, 5.74) is 1.14. The zero-order valence-corrected chi connectivity index (χ0v) is 15.2. The van der Waals surface area contributed by atoms with Gasteiger partial charge in [0.05, 0.1) is 35.1 Å². The molecule has 2 aromatic heterocycles. The van der Waals surface area contributed by atoms with Crippen molar-refractivity contribution >= 4 is 11.0 Å². The van der Waals surface area contributed by atoms with Crippen molar-refractivity contribution in [2.45, 2.75) is 13.1 Å². The van der Waals surface area contributed by atoms with Crippen molar-refractivity contribution in [1.29, 1.82) is 0 Å². The molecule has 2 aromatic carbocycles. The molecule has 7 heteroatoms. The standard InChI is InChI=1S/C21H16F3N3O/c1-13-19-17(21(22,23)24)12-18(14-6-4-3-5-7-14)25-20(19)27(26-13)15-8-10-16(28-2)11-9-15/h3-12H,1-2H3. The first-order chi connectivity index (χ1) is 13.4. The fourth-order valence-corrected chi connectivity index (χ4v) is 3.17. The van der Waals surface area contributed by atoms with Gasteiger partial charge in [-0.15, -0.1) is 0 Å². The number of halogens is 3. The van der Waals surface area contributed by atoms with Gasteiger partial charge in [-0.2, -0.15) is 18.3 Å². The molecule has 0 bridgehead atoms. The van der Waals surface area contributed by atoms with E-state index < -0.39 is 11.7 Å². The molecule has 28 heavy (non-hydrogen) atoms. The number of alkyl halides is 3. The van der Waals surface area contributed by atoms with Crippen LogP contribution in [0.1, 0.15) is 11.3 Å². The Morgan fingerprint density at radius 1 is 0.964 bits per heavy atom. The quantitative estimate of drug-likeness (QED) is 0.474. The number of fused-ring (bicyclic) bond motifs is 1. The van der Waals surface area contributed by atoms with Crippen LogP contribution in [0.15, 0.2) is 60.7 Å². The van der Waals surface area contributed by atoms with Crippen LogP contribution in [0, 0.1) is 6.92 Å². The minimum Gasteiger partial charge on any atom is -0.497 e. The monoisotopic (exact) mass is 383 g/mol. The smallest absolute Gasteiger partial charge is 0.417 e. The first kappa shape index (κ1) is 18.0. The molecule has 0 aliphatic rings. The maximum Gasteiger partial charge on any atom is 0.417 e. The summed E-state index contributed by atoms with van der Waals surface area (Å²) in [5.74, 6) is 0.644. The van der Waals surface area contributed by atoms with E-state index >= 15 is 0 Å². The van der Waals surface area contributed by atoms with Gasteiger partial charge >= 0.3 is 6.18 Å². The normalized spacial score (nSPS) is 11.8. The van der Waals surface area contributed by atoms with Crippen molar-refractivity contribution in [3.8, 4) is 22.7 Å². The molecule has 0 fully saturated rings. The molecule has 0 aliphatic heterocycles. The summed E-state index contributed by atoms with van der Waals surface area (Å²) in [7, 11) is 1.55. The second-order valence-electron chi connectivity index (χ2n) is 6.31. The Morgan fingerprint density at radius 2 is 1.64 bits per heavy atom. The SMILES string of the molecule is COc1ccc(-n2nc(C)c3c(C(F)(F)F)cc(-c4ccccc4)nc32)cc1. The highest BCUT2D eigenvalue weighted by atomic mass is 19.4. The number of benzene rings is 2. The van der Waals surface area contributed by atoms with Gasteiger partial charge in [-0.3, -0.25) is 0 Å². The van der Waals surface area contributed by atoms with Crippen LogP contribution in [0.5, 0.6) is 5.75 Å². The van der Waals surface area contributed by atoms with Gasteiger partial charge in [0.15, 0.2) is 5.65 Å². The Hall–Kier alpha value is -3.35. The highest BCUT2D eigenvalue weighted by molar-refractivity contribution is 5.87. The van der Waals surface area contributed by atoms with Gasteiger partial charge in [0, 0.05) is 5.56 Å². The van der Waals surface area contributed by atoms with E-state index in [2.05, 4.69) is 10.1 Å². The van der Waals surface area contributed by atoms with Crippen LogP contribution in [0.4, 0.5) is 13.2 Å². The minimum atomic E-state index is -4.52. The largest absolute Gasteiger partial charge is 0.497 e. The van der Waals surface area contributed by atoms with Crippen molar-refractivity contribution < 1.29 is 17.9 Å². The lowest BCUT2D eigenvalue weighted by molar-refractivity contribution is -0.136. The molecular weight excluding hydrogens is 367 g/mol. The average Bonchev–Trinajstić information content (AvgIpc) is 3.04. The predicted octanol–water partition coefficient (Wildman–Crippen LogP) is 5.42. The van der Waals surface area contributed by atoms with Crippen LogP contribution < -0.4 is 4.74 Å². The molecule has 0 N–H and O–H groups in total. The Balaban J connectivity index is 2.02. The van der Waals surface area contributed by atoms with Crippen LogP contribution in [0.3, 0.4) is 0 Å². The van der Waals surface area contributed by atoms with Crippen molar-refractivity contribution in [3.63, 3.8) is 0 Å². The van der Waals surface area contributed by atoms with Crippen molar-refractivity contribution in [3.05, 3.63) is 71.9 Å². The van der Waals surface area contributed by atoms with Crippen molar-refractivity contribution in [2.24, 2.45) is 0 Å². The predicted molar refractivity (Wildman–Crippen MR) is 101 cm³/mol. The Bertz CT molecular complexity index is 1130. The number of pyridine rings is 1. The third-order valence-electron chi connectivity index (χ3n) is 4.50. The molecule has 142 valence electrons. The lowest BCUT2D eigenvalue weighted by Crippen LogP contribution is -2.08. The van der Waals surface area contributed by atoms with Gasteiger partial charge in [-0.1, -0.05) is 30.3 Å². The fourth-order valence-electron chi connectivity index (χ4n) is 3.17. The van der Waals surface area contributed by atoms with Gasteiger partial charge in [0.25, 0.3) is 0 Å². The molecular formula is C21H16F3N3O. The molecule has 0 unspecified atom stereocenters. The van der Waals surface area contributed by atoms with E-state index in [1.54, 1.807) is 68.6 Å². The Labute approximate surface area is 159 Å². The summed E-state index contributed by atoms with van der Waals surface area (Å²) < 4.78 is 48.0. The molecule has 0 saturated carbocycles. The number of aryl methyl sites for hydroxylation is 1. The van der Waals surface area contributed by atoms with E-state index in [4.69, 9.17) is 4.74 Å². The van der Waals surface area contributed by atoms with Gasteiger partial charge in [-0.05, 0) is 37.3 Å². The first-order valence-corrected chi connectivity index (χ1v) is 8.56. The Kier molecular flexibility index (Phi) is 4.30. The van der Waals surface area contributed by atoms with E-state index in [-0.39, 0.29) is 22.4 Å². The molecule has 0 saturated heterocycles. The first-order valence-electron chi connectivity index (χ1n) is 8.56. The van der Waals surface area contributed by atoms with E-state index in [1.807, 2.05) is 0 Å². The van der Waals surface area contributed by atoms with E-state index in [0.29, 0.717) is 17.0 Å². The number of nitrogens with zero attached hydrogens (tertiary/aromatic N) is 3. The third kappa shape index (κ3) is 3.09. The summed E-state index contributed by atoms with van der Waals surface area (Å²) in [6, 6.07) is 16.8. The zero-order chi connectivity index (χ0) is 19.9. The second-order valence-corrected chi connectivity index (χ2v) is 6.31. The molecule has 0 amide bonds. The second kappa shape index (κ2) is 6.67. The highest BCUT2D eigenvalue weighted by Crippen LogP contribution is 2.38. The molecule has 4 rings (SSSR count). The van der Waals surface area contributed by atoms with E-state index in [0.717, 1.165) is 6.07 Å². The fraction of sp³-hybridized carbons (Fsp3) is 0.143. The van der Waals surface area contributed by atoms with Crippen LogP contribution in [0.25, 0.3) is 28.0 Å². The summed E-state index contributed by atoms with van der Waals surface area (Å²) in [6.07, 6.45) is -4.52. The zero-order valence-electron chi connectivity index (χ0n) is 15.2. The van der Waals surface area contributed by atoms with Gasteiger partial charge in [-0.25, -0.2) is 9.67 Å². The minimum absolute atomic E-state index is 0.00278. The molecule has 0 spiro atoms. The number of rotatable bonds is 3. The highest BCUT2D eigenvalue weighted by Gasteiger charge is 2.35. The number of hydrogen-bond acceptors (Lipinski definition) is 3. The molecule has 4 nitrogen and oxygen atoms in total. The summed E-state index contributed by atoms with van der Waals surface area (Å²) in [5, 5.41) is 4.34. The molecule has 0 radical (unpaired) electrons.